The van der Waals surface area contributed by atoms with Gasteiger partial charge in [0.15, 0.2) is 0 Å². The van der Waals surface area contributed by atoms with Crippen molar-refractivity contribution in [1.82, 2.24) is 4.98 Å². The number of benzene rings is 1. The van der Waals surface area contributed by atoms with Crippen LogP contribution < -0.4 is 5.73 Å². The first kappa shape index (κ1) is 12.9. The third kappa shape index (κ3) is 3.45. The van der Waals surface area contributed by atoms with Crippen molar-refractivity contribution < 1.29 is 0 Å². The molecule has 0 aliphatic rings. The maximum absolute atomic E-state index is 5.94. The molecule has 17 heavy (non-hydrogen) atoms. The lowest BCUT2D eigenvalue weighted by Crippen LogP contribution is -1.94. The first-order valence-electron chi connectivity index (χ1n) is 5.22. The predicted molar refractivity (Wildman–Crippen MR) is 75.8 cm³/mol. The van der Waals surface area contributed by atoms with Gasteiger partial charge in [-0.25, -0.2) is 4.98 Å². The van der Waals surface area contributed by atoms with Gasteiger partial charge in [-0.05, 0) is 25.1 Å². The second-order valence-corrected chi connectivity index (χ2v) is 6.22. The Kier molecular flexibility index (Phi) is 4.45. The molecule has 2 rings (SSSR count). The monoisotopic (exact) mass is 284 g/mol. The maximum Gasteiger partial charge on any atom is 0.103 e. The molecular weight excluding hydrogens is 272 g/mol. The van der Waals surface area contributed by atoms with Crippen LogP contribution in [0.15, 0.2) is 29.2 Å². The number of hydrogen-bond donors (Lipinski definition) is 1. The van der Waals surface area contributed by atoms with Crippen LogP contribution in [0, 0.1) is 6.92 Å². The summed E-state index contributed by atoms with van der Waals surface area (Å²) in [5.74, 6) is 0.867. The minimum atomic E-state index is 0.575. The van der Waals surface area contributed by atoms with Crippen LogP contribution in [0.2, 0.25) is 5.02 Å². The van der Waals surface area contributed by atoms with Crippen LogP contribution in [-0.4, -0.2) is 4.98 Å². The summed E-state index contributed by atoms with van der Waals surface area (Å²) >= 11 is 9.37. The highest BCUT2D eigenvalue weighted by Crippen LogP contribution is 2.28. The Balaban J connectivity index is 2.02. The number of nitrogens with zero attached hydrogens (tertiary/aromatic N) is 1. The number of thioether (sulfide) groups is 1. The highest BCUT2D eigenvalue weighted by molar-refractivity contribution is 7.98. The fourth-order valence-electron chi connectivity index (χ4n) is 1.44. The molecule has 0 spiro atoms. The lowest BCUT2D eigenvalue weighted by atomic mass is 10.4. The van der Waals surface area contributed by atoms with E-state index in [1.807, 2.05) is 25.1 Å². The number of hydrogen-bond acceptors (Lipinski definition) is 4. The van der Waals surface area contributed by atoms with Crippen molar-refractivity contribution in [2.75, 3.05) is 0 Å². The molecule has 2 N–H and O–H groups in total. The van der Waals surface area contributed by atoms with E-state index in [2.05, 4.69) is 11.1 Å². The Morgan fingerprint density at radius 3 is 2.94 bits per heavy atom. The van der Waals surface area contributed by atoms with Gasteiger partial charge in [0.2, 0.25) is 0 Å². The van der Waals surface area contributed by atoms with Crippen LogP contribution in [-0.2, 0) is 12.3 Å². The molecule has 1 heterocycles. The topological polar surface area (TPSA) is 38.9 Å². The first-order valence-corrected chi connectivity index (χ1v) is 7.40. The standard InChI is InChI=1S/C12H13ClN2S2/c1-8-11(6-14)17-12(15-8)7-16-10-4-2-3-9(13)5-10/h2-5H,6-7,14H2,1H3. The van der Waals surface area contributed by atoms with Gasteiger partial charge in [0.05, 0.1) is 11.4 Å². The van der Waals surface area contributed by atoms with E-state index in [9.17, 15) is 0 Å². The molecular formula is C12H13ClN2S2. The highest BCUT2D eigenvalue weighted by atomic mass is 35.5. The average molecular weight is 285 g/mol. The smallest absolute Gasteiger partial charge is 0.103 e. The molecule has 0 aliphatic heterocycles. The second-order valence-electron chi connectivity index (χ2n) is 3.57. The van der Waals surface area contributed by atoms with Crippen LogP contribution >= 0.6 is 34.7 Å². The zero-order valence-corrected chi connectivity index (χ0v) is 11.8. The van der Waals surface area contributed by atoms with E-state index in [1.165, 1.54) is 9.77 Å². The summed E-state index contributed by atoms with van der Waals surface area (Å²) in [5.41, 5.74) is 6.69. The number of aromatic nitrogens is 1. The van der Waals surface area contributed by atoms with Crippen LogP contribution in [0.3, 0.4) is 0 Å². The SMILES string of the molecule is Cc1nc(CSc2cccc(Cl)c2)sc1CN. The van der Waals surface area contributed by atoms with Crippen molar-refractivity contribution in [3.63, 3.8) is 0 Å². The van der Waals surface area contributed by atoms with E-state index in [0.29, 0.717) is 6.54 Å². The van der Waals surface area contributed by atoms with Crippen LogP contribution in [0.4, 0.5) is 0 Å². The number of aryl methyl sites for hydroxylation is 1. The minimum Gasteiger partial charge on any atom is -0.326 e. The summed E-state index contributed by atoms with van der Waals surface area (Å²) < 4.78 is 0. The fraction of sp³-hybridized carbons (Fsp3) is 0.250. The summed E-state index contributed by atoms with van der Waals surface area (Å²) in [6.07, 6.45) is 0. The van der Waals surface area contributed by atoms with Gasteiger partial charge in [-0.15, -0.1) is 23.1 Å². The predicted octanol–water partition coefficient (Wildman–Crippen LogP) is 3.86. The van der Waals surface area contributed by atoms with Gasteiger partial charge in [-0.3, -0.25) is 0 Å². The maximum atomic E-state index is 5.94. The van der Waals surface area contributed by atoms with Crippen molar-refractivity contribution >= 4 is 34.7 Å². The summed E-state index contributed by atoms with van der Waals surface area (Å²) in [6, 6.07) is 7.87. The lowest BCUT2D eigenvalue weighted by Gasteiger charge is -1.99. The van der Waals surface area contributed by atoms with E-state index in [0.717, 1.165) is 21.5 Å². The van der Waals surface area contributed by atoms with E-state index < -0.39 is 0 Å². The van der Waals surface area contributed by atoms with Crippen LogP contribution in [0.1, 0.15) is 15.6 Å². The summed E-state index contributed by atoms with van der Waals surface area (Å²) in [7, 11) is 0. The van der Waals surface area contributed by atoms with E-state index in [4.69, 9.17) is 17.3 Å². The van der Waals surface area contributed by atoms with Crippen molar-refractivity contribution in [3.8, 4) is 0 Å². The molecule has 0 fully saturated rings. The van der Waals surface area contributed by atoms with Crippen molar-refractivity contribution in [2.24, 2.45) is 5.73 Å². The molecule has 90 valence electrons. The molecule has 5 heteroatoms. The van der Waals surface area contributed by atoms with Gasteiger partial charge in [0.1, 0.15) is 5.01 Å². The van der Waals surface area contributed by atoms with E-state index in [-0.39, 0.29) is 0 Å². The van der Waals surface area contributed by atoms with Gasteiger partial charge in [0.25, 0.3) is 0 Å². The summed E-state index contributed by atoms with van der Waals surface area (Å²) in [5, 5.41) is 1.89. The Labute approximate surface area is 114 Å². The Bertz CT molecular complexity index is 511. The second kappa shape index (κ2) is 5.87. The number of rotatable bonds is 4. The molecule has 0 saturated carbocycles. The van der Waals surface area contributed by atoms with Crippen LogP contribution in [0.5, 0.6) is 0 Å². The molecule has 0 saturated heterocycles. The first-order chi connectivity index (χ1) is 8.19. The molecule has 0 radical (unpaired) electrons. The fourth-order valence-corrected chi connectivity index (χ4v) is 3.59. The Morgan fingerprint density at radius 2 is 2.29 bits per heavy atom. The van der Waals surface area contributed by atoms with Crippen LogP contribution in [0.25, 0.3) is 0 Å². The number of nitrogens with two attached hydrogens (primary N) is 1. The zero-order valence-electron chi connectivity index (χ0n) is 9.44. The molecule has 1 aromatic heterocycles. The number of halogens is 1. The Hall–Kier alpha value is -0.550. The molecule has 0 atom stereocenters. The highest BCUT2D eigenvalue weighted by Gasteiger charge is 2.06. The molecule has 1 aromatic carbocycles. The van der Waals surface area contributed by atoms with Crippen molar-refractivity contribution in [1.29, 1.82) is 0 Å². The molecule has 0 amide bonds. The van der Waals surface area contributed by atoms with E-state index in [1.54, 1.807) is 23.1 Å². The van der Waals surface area contributed by atoms with Crippen molar-refractivity contribution in [3.05, 3.63) is 44.9 Å². The third-order valence-electron chi connectivity index (χ3n) is 2.28. The van der Waals surface area contributed by atoms with E-state index >= 15 is 0 Å². The lowest BCUT2D eigenvalue weighted by molar-refractivity contribution is 1.05. The molecule has 0 aliphatic carbocycles. The van der Waals surface area contributed by atoms with Gasteiger partial charge < -0.3 is 5.73 Å². The molecule has 2 nitrogen and oxygen atoms in total. The van der Waals surface area contributed by atoms with Crippen molar-refractivity contribution in [2.45, 2.75) is 24.1 Å². The summed E-state index contributed by atoms with van der Waals surface area (Å²) in [4.78, 5) is 6.84. The molecule has 0 bridgehead atoms. The Morgan fingerprint density at radius 1 is 1.47 bits per heavy atom. The number of thiazole rings is 1. The largest absolute Gasteiger partial charge is 0.326 e. The third-order valence-corrected chi connectivity index (χ3v) is 4.88. The zero-order chi connectivity index (χ0) is 12.3. The average Bonchev–Trinajstić information content (AvgIpc) is 2.67. The van der Waals surface area contributed by atoms with Gasteiger partial charge in [0, 0.05) is 21.3 Å². The van der Waals surface area contributed by atoms with Gasteiger partial charge in [-0.1, -0.05) is 17.7 Å². The molecule has 0 unspecified atom stereocenters. The summed E-state index contributed by atoms with van der Waals surface area (Å²) in [6.45, 7) is 2.58. The quantitative estimate of drug-likeness (QED) is 0.867. The van der Waals surface area contributed by atoms with Gasteiger partial charge >= 0.3 is 0 Å². The molecule has 2 aromatic rings. The minimum absolute atomic E-state index is 0.575. The van der Waals surface area contributed by atoms with Gasteiger partial charge in [-0.2, -0.15) is 0 Å². The normalized spacial score (nSPS) is 10.8.